The van der Waals surface area contributed by atoms with Gasteiger partial charge < -0.3 is 15.4 Å². The number of amides is 1. The summed E-state index contributed by atoms with van der Waals surface area (Å²) in [6.45, 7) is 2.47. The number of para-hydroxylation sites is 1. The van der Waals surface area contributed by atoms with Gasteiger partial charge in [-0.25, -0.2) is 9.18 Å². The molecule has 2 N–H and O–H groups in total. The van der Waals surface area contributed by atoms with Crippen molar-refractivity contribution in [2.24, 2.45) is 0 Å². The molecule has 0 spiro atoms. The fourth-order valence-corrected chi connectivity index (χ4v) is 2.03. The molecule has 6 heteroatoms. The van der Waals surface area contributed by atoms with Gasteiger partial charge in [0.25, 0.3) is 0 Å². The fourth-order valence-electron chi connectivity index (χ4n) is 2.03. The first-order valence-corrected chi connectivity index (χ1v) is 7.65. The molecule has 0 atom stereocenters. The molecule has 0 aliphatic carbocycles. The van der Waals surface area contributed by atoms with Crippen LogP contribution in [0.15, 0.2) is 48.5 Å². The zero-order valence-electron chi connectivity index (χ0n) is 13.3. The Balaban J connectivity index is 1.78. The van der Waals surface area contributed by atoms with Crippen LogP contribution in [0.3, 0.4) is 0 Å². The maximum absolute atomic E-state index is 13.4. The van der Waals surface area contributed by atoms with Crippen molar-refractivity contribution >= 4 is 23.3 Å². The molecule has 0 fully saturated rings. The van der Waals surface area contributed by atoms with Crippen LogP contribution in [0, 0.1) is 5.82 Å². The standard InChI is InChI=1S/C18H19FN2O3/c1-2-24-18(23)13-7-9-14(10-8-13)20-12-11-17(22)21-16-6-4-3-5-15(16)19/h3-10,20H,2,11-12H2,1H3,(H,21,22). The summed E-state index contributed by atoms with van der Waals surface area (Å²) in [7, 11) is 0. The second-order valence-corrected chi connectivity index (χ2v) is 5.00. The molecular formula is C18H19FN2O3. The summed E-state index contributed by atoms with van der Waals surface area (Å²) >= 11 is 0. The third kappa shape index (κ3) is 5.08. The highest BCUT2D eigenvalue weighted by Gasteiger charge is 2.07. The highest BCUT2D eigenvalue weighted by molar-refractivity contribution is 5.91. The SMILES string of the molecule is CCOC(=O)c1ccc(NCCC(=O)Nc2ccccc2F)cc1. The molecule has 0 heterocycles. The summed E-state index contributed by atoms with van der Waals surface area (Å²) in [5.74, 6) is -1.11. The van der Waals surface area contributed by atoms with Crippen molar-refractivity contribution in [3.05, 3.63) is 59.9 Å². The number of carbonyl (C=O) groups is 2. The largest absolute Gasteiger partial charge is 0.462 e. The molecule has 2 aromatic rings. The van der Waals surface area contributed by atoms with E-state index in [0.29, 0.717) is 18.7 Å². The zero-order valence-corrected chi connectivity index (χ0v) is 13.3. The number of carbonyl (C=O) groups excluding carboxylic acids is 2. The van der Waals surface area contributed by atoms with Gasteiger partial charge in [-0.3, -0.25) is 4.79 Å². The van der Waals surface area contributed by atoms with E-state index in [0.717, 1.165) is 5.69 Å². The van der Waals surface area contributed by atoms with Crippen LogP contribution in [-0.4, -0.2) is 25.0 Å². The lowest BCUT2D eigenvalue weighted by Crippen LogP contribution is -2.17. The summed E-state index contributed by atoms with van der Waals surface area (Å²) in [6.07, 6.45) is 0.188. The van der Waals surface area contributed by atoms with Crippen molar-refractivity contribution in [1.82, 2.24) is 0 Å². The molecule has 2 rings (SSSR count). The van der Waals surface area contributed by atoms with Crippen LogP contribution in [0.2, 0.25) is 0 Å². The number of ether oxygens (including phenoxy) is 1. The molecule has 0 saturated carbocycles. The lowest BCUT2D eigenvalue weighted by Gasteiger charge is -2.09. The fraction of sp³-hybridized carbons (Fsp3) is 0.222. The molecule has 0 unspecified atom stereocenters. The minimum Gasteiger partial charge on any atom is -0.462 e. The van der Waals surface area contributed by atoms with Crippen molar-refractivity contribution < 1.29 is 18.7 Å². The van der Waals surface area contributed by atoms with Crippen molar-refractivity contribution in [2.75, 3.05) is 23.8 Å². The zero-order chi connectivity index (χ0) is 17.4. The van der Waals surface area contributed by atoms with E-state index in [1.807, 2.05) is 0 Å². The minimum absolute atomic E-state index is 0.168. The predicted octanol–water partition coefficient (Wildman–Crippen LogP) is 3.44. The van der Waals surface area contributed by atoms with Crippen LogP contribution in [0.25, 0.3) is 0 Å². The van der Waals surface area contributed by atoms with Gasteiger partial charge in [0.15, 0.2) is 0 Å². The van der Waals surface area contributed by atoms with E-state index in [2.05, 4.69) is 10.6 Å². The molecule has 0 bridgehead atoms. The quantitative estimate of drug-likeness (QED) is 0.763. The summed E-state index contributed by atoms with van der Waals surface area (Å²) in [5.41, 5.74) is 1.42. The van der Waals surface area contributed by atoms with E-state index in [-0.39, 0.29) is 24.0 Å². The lowest BCUT2D eigenvalue weighted by molar-refractivity contribution is -0.116. The number of nitrogens with one attached hydrogen (secondary N) is 2. The Kier molecular flexibility index (Phi) is 6.31. The third-order valence-electron chi connectivity index (χ3n) is 3.23. The van der Waals surface area contributed by atoms with E-state index < -0.39 is 5.82 Å². The van der Waals surface area contributed by atoms with Crippen LogP contribution < -0.4 is 10.6 Å². The minimum atomic E-state index is -0.464. The van der Waals surface area contributed by atoms with Crippen LogP contribution in [0.4, 0.5) is 15.8 Å². The van der Waals surface area contributed by atoms with E-state index >= 15 is 0 Å². The topological polar surface area (TPSA) is 67.4 Å². The number of benzene rings is 2. The van der Waals surface area contributed by atoms with Gasteiger partial charge in [0.2, 0.25) is 5.91 Å². The molecule has 2 aromatic carbocycles. The van der Waals surface area contributed by atoms with Gasteiger partial charge in [-0.05, 0) is 43.3 Å². The van der Waals surface area contributed by atoms with E-state index in [1.165, 1.54) is 12.1 Å². The number of hydrogen-bond acceptors (Lipinski definition) is 4. The van der Waals surface area contributed by atoms with Crippen LogP contribution in [0.5, 0.6) is 0 Å². The van der Waals surface area contributed by atoms with E-state index in [4.69, 9.17) is 4.74 Å². The van der Waals surface area contributed by atoms with Gasteiger partial charge in [0.1, 0.15) is 5.82 Å². The first-order valence-electron chi connectivity index (χ1n) is 7.65. The smallest absolute Gasteiger partial charge is 0.338 e. The number of esters is 1. The van der Waals surface area contributed by atoms with Crippen molar-refractivity contribution in [3.8, 4) is 0 Å². The predicted molar refractivity (Wildman–Crippen MR) is 90.5 cm³/mol. The lowest BCUT2D eigenvalue weighted by atomic mass is 10.2. The first kappa shape index (κ1) is 17.5. The van der Waals surface area contributed by atoms with Crippen molar-refractivity contribution in [1.29, 1.82) is 0 Å². The Morgan fingerprint density at radius 2 is 1.79 bits per heavy atom. The molecule has 5 nitrogen and oxygen atoms in total. The van der Waals surface area contributed by atoms with Crippen LogP contribution in [-0.2, 0) is 9.53 Å². The normalized spacial score (nSPS) is 10.1. The second-order valence-electron chi connectivity index (χ2n) is 5.00. The Bertz CT molecular complexity index is 702. The van der Waals surface area contributed by atoms with Crippen LogP contribution >= 0.6 is 0 Å². The molecule has 0 saturated heterocycles. The summed E-state index contributed by atoms with van der Waals surface area (Å²) < 4.78 is 18.3. The average Bonchev–Trinajstić information content (AvgIpc) is 2.58. The molecule has 24 heavy (non-hydrogen) atoms. The van der Waals surface area contributed by atoms with Gasteiger partial charge in [0.05, 0.1) is 17.9 Å². The molecule has 1 amide bonds. The molecule has 126 valence electrons. The maximum Gasteiger partial charge on any atom is 0.338 e. The van der Waals surface area contributed by atoms with Crippen molar-refractivity contribution in [2.45, 2.75) is 13.3 Å². The number of hydrogen-bond donors (Lipinski definition) is 2. The Labute approximate surface area is 139 Å². The summed E-state index contributed by atoms with van der Waals surface area (Å²) in [5, 5.41) is 5.59. The summed E-state index contributed by atoms with van der Waals surface area (Å²) in [4.78, 5) is 23.3. The average molecular weight is 330 g/mol. The first-order chi connectivity index (χ1) is 11.6. The highest BCUT2D eigenvalue weighted by Crippen LogP contribution is 2.13. The number of rotatable bonds is 7. The highest BCUT2D eigenvalue weighted by atomic mass is 19.1. The Morgan fingerprint density at radius 3 is 2.46 bits per heavy atom. The monoisotopic (exact) mass is 330 g/mol. The van der Waals surface area contributed by atoms with Gasteiger partial charge >= 0.3 is 5.97 Å². The summed E-state index contributed by atoms with van der Waals surface area (Å²) in [6, 6.07) is 12.8. The van der Waals surface area contributed by atoms with Crippen molar-refractivity contribution in [3.63, 3.8) is 0 Å². The van der Waals surface area contributed by atoms with E-state index in [9.17, 15) is 14.0 Å². The molecule has 0 aliphatic rings. The molecule has 0 aliphatic heterocycles. The van der Waals surface area contributed by atoms with Gasteiger partial charge in [-0.1, -0.05) is 12.1 Å². The molecular weight excluding hydrogens is 311 g/mol. The third-order valence-corrected chi connectivity index (χ3v) is 3.23. The van der Waals surface area contributed by atoms with Crippen LogP contribution in [0.1, 0.15) is 23.7 Å². The van der Waals surface area contributed by atoms with Gasteiger partial charge in [-0.15, -0.1) is 0 Å². The van der Waals surface area contributed by atoms with E-state index in [1.54, 1.807) is 43.3 Å². The maximum atomic E-state index is 13.4. The van der Waals surface area contributed by atoms with Gasteiger partial charge in [0, 0.05) is 18.7 Å². The second kappa shape index (κ2) is 8.67. The number of halogens is 1. The van der Waals surface area contributed by atoms with Gasteiger partial charge in [-0.2, -0.15) is 0 Å². The Morgan fingerprint density at radius 1 is 1.08 bits per heavy atom. The number of anilines is 2. The molecule has 0 aromatic heterocycles. The Hall–Kier alpha value is -2.89. The molecule has 0 radical (unpaired) electrons.